The van der Waals surface area contributed by atoms with E-state index >= 15 is 0 Å². The van der Waals surface area contributed by atoms with E-state index in [0.29, 0.717) is 0 Å². The van der Waals surface area contributed by atoms with Crippen LogP contribution in [0.4, 0.5) is 0 Å². The zero-order chi connectivity index (χ0) is 12.9. The molecule has 0 aliphatic heterocycles. The summed E-state index contributed by atoms with van der Waals surface area (Å²) in [5.74, 6) is 0.884. The number of hydrogen-bond donors (Lipinski definition) is 1. The monoisotopic (exact) mass is 217 g/mol. The molecule has 1 unspecified atom stereocenters. The first-order chi connectivity index (χ1) is 6.89. The Labute approximate surface area is 98.8 Å². The van der Waals surface area contributed by atoms with Crippen molar-refractivity contribution < 1.29 is 0 Å². The van der Waals surface area contributed by atoms with E-state index in [1.54, 1.807) is 0 Å². The summed E-state index contributed by atoms with van der Waals surface area (Å²) in [6.07, 6.45) is 4.73. The molecule has 0 aromatic carbocycles. The van der Waals surface area contributed by atoms with Gasteiger partial charge in [-0.2, -0.15) is 0 Å². The quantitative estimate of drug-likeness (QED) is 0.705. The Morgan fingerprint density at radius 3 is 1.47 bits per heavy atom. The highest BCUT2D eigenvalue weighted by molar-refractivity contribution is 4.74. The van der Waals surface area contributed by atoms with Gasteiger partial charge >= 0.3 is 0 Å². The lowest BCUT2D eigenvalue weighted by Gasteiger charge is -2.20. The van der Waals surface area contributed by atoms with Crippen LogP contribution in [0.25, 0.3) is 0 Å². The predicted molar refractivity (Wildman–Crippen MR) is 74.3 cm³/mol. The van der Waals surface area contributed by atoms with E-state index in [1.807, 2.05) is 13.8 Å². The maximum atomic E-state index is 5.83. The standard InChI is InChI=1S/C7H17N.C5H12.C2H6/c1-4-6-7(3,8)5-2;1-4-5(2)3;1-2/h4-6,8H2,1-3H3;5H,4H2,1-3H3;1-2H3. The summed E-state index contributed by atoms with van der Waals surface area (Å²) in [7, 11) is 0. The summed E-state index contributed by atoms with van der Waals surface area (Å²) < 4.78 is 0. The van der Waals surface area contributed by atoms with Crippen LogP contribution in [-0.4, -0.2) is 5.54 Å². The molecule has 1 heteroatoms. The first-order valence-corrected chi connectivity index (χ1v) is 6.68. The molecule has 15 heavy (non-hydrogen) atoms. The van der Waals surface area contributed by atoms with Crippen LogP contribution in [0.15, 0.2) is 0 Å². The van der Waals surface area contributed by atoms with Crippen LogP contribution in [0, 0.1) is 5.92 Å². The molecule has 0 aliphatic carbocycles. The molecule has 0 bridgehead atoms. The third-order valence-corrected chi connectivity index (χ3v) is 2.45. The minimum atomic E-state index is 0.0920. The molecule has 0 aromatic rings. The molecular weight excluding hydrogens is 182 g/mol. The van der Waals surface area contributed by atoms with Crippen LogP contribution >= 0.6 is 0 Å². The number of rotatable bonds is 4. The van der Waals surface area contributed by atoms with E-state index in [0.717, 1.165) is 18.8 Å². The molecule has 0 aromatic heterocycles. The van der Waals surface area contributed by atoms with Crippen LogP contribution in [0.5, 0.6) is 0 Å². The average molecular weight is 217 g/mol. The van der Waals surface area contributed by atoms with Crippen LogP contribution < -0.4 is 5.73 Å². The largest absolute Gasteiger partial charge is 0.325 e. The van der Waals surface area contributed by atoms with E-state index in [4.69, 9.17) is 5.73 Å². The van der Waals surface area contributed by atoms with Crippen LogP contribution in [-0.2, 0) is 0 Å². The maximum Gasteiger partial charge on any atom is 0.0123 e. The van der Waals surface area contributed by atoms with Crippen LogP contribution in [0.2, 0.25) is 0 Å². The number of nitrogens with two attached hydrogens (primary N) is 1. The molecule has 0 aliphatic rings. The van der Waals surface area contributed by atoms with Crippen molar-refractivity contribution in [1.82, 2.24) is 0 Å². The van der Waals surface area contributed by atoms with Crippen molar-refractivity contribution in [3.63, 3.8) is 0 Å². The number of hydrogen-bond acceptors (Lipinski definition) is 1. The SMILES string of the molecule is CC.CCC(C)C.CCCC(C)(N)CC. The van der Waals surface area contributed by atoms with Gasteiger partial charge in [0, 0.05) is 5.54 Å². The van der Waals surface area contributed by atoms with Gasteiger partial charge < -0.3 is 5.73 Å². The van der Waals surface area contributed by atoms with Gasteiger partial charge in [-0.1, -0.05) is 61.3 Å². The summed E-state index contributed by atoms with van der Waals surface area (Å²) in [4.78, 5) is 0. The average Bonchev–Trinajstić information content (AvgIpc) is 2.22. The van der Waals surface area contributed by atoms with Gasteiger partial charge in [-0.15, -0.1) is 0 Å². The molecule has 0 spiro atoms. The molecule has 0 saturated carbocycles. The van der Waals surface area contributed by atoms with Gasteiger partial charge in [0.25, 0.3) is 0 Å². The van der Waals surface area contributed by atoms with E-state index in [1.165, 1.54) is 12.8 Å². The third-order valence-electron chi connectivity index (χ3n) is 2.45. The highest BCUT2D eigenvalue weighted by Crippen LogP contribution is 2.11. The van der Waals surface area contributed by atoms with Crippen molar-refractivity contribution in [3.8, 4) is 0 Å². The summed E-state index contributed by atoms with van der Waals surface area (Å²) >= 11 is 0. The first kappa shape index (κ1) is 20.4. The van der Waals surface area contributed by atoms with E-state index in [2.05, 4.69) is 41.5 Å². The van der Waals surface area contributed by atoms with Crippen LogP contribution in [0.3, 0.4) is 0 Å². The van der Waals surface area contributed by atoms with E-state index < -0.39 is 0 Å². The molecule has 0 radical (unpaired) electrons. The molecule has 0 amide bonds. The maximum absolute atomic E-state index is 5.83. The van der Waals surface area contributed by atoms with E-state index in [9.17, 15) is 0 Å². The second-order valence-electron chi connectivity index (χ2n) is 4.56. The van der Waals surface area contributed by atoms with E-state index in [-0.39, 0.29) is 5.54 Å². The Kier molecular flexibility index (Phi) is 19.0. The Bertz CT molecular complexity index is 95.5. The molecule has 0 rings (SSSR count). The van der Waals surface area contributed by atoms with Crippen molar-refractivity contribution in [1.29, 1.82) is 0 Å². The predicted octanol–water partition coefficient (Wildman–Crippen LogP) is 4.99. The van der Waals surface area contributed by atoms with Gasteiger partial charge in [0.2, 0.25) is 0 Å². The fourth-order valence-corrected chi connectivity index (χ4v) is 0.748. The highest BCUT2D eigenvalue weighted by atomic mass is 14.7. The van der Waals surface area contributed by atoms with Gasteiger partial charge in [-0.3, -0.25) is 0 Å². The second-order valence-corrected chi connectivity index (χ2v) is 4.56. The topological polar surface area (TPSA) is 26.0 Å². The Morgan fingerprint density at radius 2 is 1.40 bits per heavy atom. The molecule has 0 saturated heterocycles. The lowest BCUT2D eigenvalue weighted by atomic mass is 9.95. The zero-order valence-electron chi connectivity index (χ0n) is 12.5. The molecular formula is C14H35N. The first-order valence-electron chi connectivity index (χ1n) is 6.68. The normalized spacial score (nSPS) is 13.2. The zero-order valence-corrected chi connectivity index (χ0v) is 12.5. The Hall–Kier alpha value is -0.0400. The highest BCUT2D eigenvalue weighted by Gasteiger charge is 2.12. The van der Waals surface area contributed by atoms with Gasteiger partial charge in [-0.25, -0.2) is 0 Å². The summed E-state index contributed by atoms with van der Waals surface area (Å²) in [5.41, 5.74) is 5.92. The van der Waals surface area contributed by atoms with Gasteiger partial charge in [0.15, 0.2) is 0 Å². The minimum Gasteiger partial charge on any atom is -0.325 e. The summed E-state index contributed by atoms with van der Waals surface area (Å²) in [5, 5.41) is 0. The fourth-order valence-electron chi connectivity index (χ4n) is 0.748. The Balaban J connectivity index is -0.000000177. The Morgan fingerprint density at radius 1 is 1.07 bits per heavy atom. The molecule has 1 nitrogen and oxygen atoms in total. The minimum absolute atomic E-state index is 0.0920. The van der Waals surface area contributed by atoms with Crippen molar-refractivity contribution in [3.05, 3.63) is 0 Å². The van der Waals surface area contributed by atoms with Gasteiger partial charge in [0.05, 0.1) is 0 Å². The summed E-state index contributed by atoms with van der Waals surface area (Å²) in [6.45, 7) is 17.1. The molecule has 0 heterocycles. The molecule has 1 atom stereocenters. The third kappa shape index (κ3) is 24.9. The van der Waals surface area contributed by atoms with Crippen molar-refractivity contribution in [2.24, 2.45) is 11.7 Å². The second kappa shape index (κ2) is 14.0. The lowest BCUT2D eigenvalue weighted by molar-refractivity contribution is 0.414. The van der Waals surface area contributed by atoms with Crippen LogP contribution in [0.1, 0.15) is 81.1 Å². The molecule has 0 fully saturated rings. The fraction of sp³-hybridized carbons (Fsp3) is 1.00. The summed E-state index contributed by atoms with van der Waals surface area (Å²) in [6, 6.07) is 0. The molecule has 2 N–H and O–H groups in total. The van der Waals surface area contributed by atoms with Gasteiger partial charge in [0.1, 0.15) is 0 Å². The van der Waals surface area contributed by atoms with Gasteiger partial charge in [-0.05, 0) is 25.7 Å². The molecule has 96 valence electrons. The smallest absolute Gasteiger partial charge is 0.0123 e. The van der Waals surface area contributed by atoms with Crippen molar-refractivity contribution in [2.45, 2.75) is 86.6 Å². The van der Waals surface area contributed by atoms with Crippen molar-refractivity contribution >= 4 is 0 Å². The van der Waals surface area contributed by atoms with Crippen molar-refractivity contribution in [2.75, 3.05) is 0 Å². The lowest BCUT2D eigenvalue weighted by Crippen LogP contribution is -2.34.